The van der Waals surface area contributed by atoms with E-state index in [9.17, 15) is 8.42 Å². The smallest absolute Gasteiger partial charge is 0.239 e. The lowest BCUT2D eigenvalue weighted by atomic mass is 10.1. The SMILES string of the molecule is CNc1nc2ccccc2n1-c1nc2c(c(C3(S(C)(=O)=O)CC3)n1)OC[C@@H]1COCCN21. The van der Waals surface area contributed by atoms with Crippen LogP contribution in [0.5, 0.6) is 5.75 Å². The van der Waals surface area contributed by atoms with Crippen LogP contribution in [-0.2, 0) is 19.3 Å². The average Bonchev–Trinajstić information content (AvgIpc) is 3.53. The Morgan fingerprint density at radius 3 is 2.72 bits per heavy atom. The number of hydrogen-bond donors (Lipinski definition) is 1. The van der Waals surface area contributed by atoms with Crippen LogP contribution in [0.15, 0.2) is 24.3 Å². The van der Waals surface area contributed by atoms with Gasteiger partial charge < -0.3 is 19.7 Å². The van der Waals surface area contributed by atoms with Crippen LogP contribution >= 0.6 is 0 Å². The molecule has 32 heavy (non-hydrogen) atoms. The van der Waals surface area contributed by atoms with Gasteiger partial charge in [0.1, 0.15) is 17.0 Å². The quantitative estimate of drug-likeness (QED) is 0.624. The average molecular weight is 457 g/mol. The number of ether oxygens (including phenoxy) is 2. The Bertz CT molecular complexity index is 1330. The number of anilines is 2. The highest BCUT2D eigenvalue weighted by Gasteiger charge is 2.58. The lowest BCUT2D eigenvalue weighted by Gasteiger charge is -2.41. The third-order valence-electron chi connectivity index (χ3n) is 6.59. The van der Waals surface area contributed by atoms with Crippen molar-refractivity contribution in [1.29, 1.82) is 0 Å². The molecule has 1 N–H and O–H groups in total. The molecule has 1 aliphatic carbocycles. The van der Waals surface area contributed by atoms with E-state index in [0.29, 0.717) is 68.4 Å². The van der Waals surface area contributed by atoms with Crippen molar-refractivity contribution in [3.05, 3.63) is 30.0 Å². The van der Waals surface area contributed by atoms with Crippen molar-refractivity contribution in [3.8, 4) is 11.7 Å². The summed E-state index contributed by atoms with van der Waals surface area (Å²) in [6.07, 6.45) is 2.32. The Kier molecular flexibility index (Phi) is 4.19. The van der Waals surface area contributed by atoms with E-state index in [-0.39, 0.29) is 6.04 Å². The van der Waals surface area contributed by atoms with Gasteiger partial charge in [0, 0.05) is 19.8 Å². The van der Waals surface area contributed by atoms with Crippen molar-refractivity contribution in [2.45, 2.75) is 23.6 Å². The lowest BCUT2D eigenvalue weighted by molar-refractivity contribution is 0.0692. The van der Waals surface area contributed by atoms with Gasteiger partial charge >= 0.3 is 0 Å². The molecule has 0 amide bonds. The van der Waals surface area contributed by atoms with Gasteiger partial charge in [-0.15, -0.1) is 0 Å². The Morgan fingerprint density at radius 2 is 1.97 bits per heavy atom. The number of benzene rings is 1. The second kappa shape index (κ2) is 6.79. The third-order valence-corrected chi connectivity index (χ3v) is 8.61. The normalized spacial score (nSPS) is 21.6. The number of rotatable bonds is 4. The molecule has 11 heteroatoms. The molecule has 2 aliphatic heterocycles. The molecule has 10 nitrogen and oxygen atoms in total. The molecule has 0 bridgehead atoms. The molecule has 4 heterocycles. The Balaban J connectivity index is 1.64. The fraction of sp³-hybridized carbons (Fsp3) is 0.476. The van der Waals surface area contributed by atoms with Crippen LogP contribution in [0.25, 0.3) is 17.0 Å². The Hall–Kier alpha value is -2.92. The number of hydrogen-bond acceptors (Lipinski definition) is 9. The van der Waals surface area contributed by atoms with Crippen LogP contribution in [0.4, 0.5) is 11.8 Å². The number of nitrogens with zero attached hydrogens (tertiary/aromatic N) is 5. The molecule has 0 unspecified atom stereocenters. The Labute approximate surface area is 185 Å². The van der Waals surface area contributed by atoms with Gasteiger partial charge in [0.05, 0.1) is 30.3 Å². The molecule has 168 valence electrons. The zero-order valence-corrected chi connectivity index (χ0v) is 18.7. The molecule has 6 rings (SSSR count). The summed E-state index contributed by atoms with van der Waals surface area (Å²) in [7, 11) is -1.62. The maximum Gasteiger partial charge on any atom is 0.239 e. The van der Waals surface area contributed by atoms with Crippen molar-refractivity contribution in [1.82, 2.24) is 19.5 Å². The summed E-state index contributed by atoms with van der Waals surface area (Å²) in [5.41, 5.74) is 2.08. The number of aromatic nitrogens is 4. The van der Waals surface area contributed by atoms with Gasteiger partial charge in [-0.2, -0.15) is 4.98 Å². The minimum atomic E-state index is -3.40. The van der Waals surface area contributed by atoms with E-state index >= 15 is 0 Å². The van der Waals surface area contributed by atoms with Gasteiger partial charge in [0.2, 0.25) is 11.9 Å². The van der Waals surface area contributed by atoms with Crippen LogP contribution < -0.4 is 15.0 Å². The van der Waals surface area contributed by atoms with E-state index < -0.39 is 14.6 Å². The molecule has 3 aromatic rings. The van der Waals surface area contributed by atoms with Gasteiger partial charge in [0.15, 0.2) is 21.4 Å². The molecule has 2 aromatic heterocycles. The lowest BCUT2D eigenvalue weighted by Crippen LogP contribution is -2.52. The molecule has 0 radical (unpaired) electrons. The molecule has 1 aromatic carbocycles. The first-order valence-corrected chi connectivity index (χ1v) is 12.6. The number of para-hydroxylation sites is 2. The van der Waals surface area contributed by atoms with E-state index in [4.69, 9.17) is 19.4 Å². The van der Waals surface area contributed by atoms with E-state index in [1.807, 2.05) is 28.8 Å². The Morgan fingerprint density at radius 1 is 1.16 bits per heavy atom. The van der Waals surface area contributed by atoms with E-state index in [1.165, 1.54) is 6.26 Å². The predicted molar refractivity (Wildman–Crippen MR) is 119 cm³/mol. The number of nitrogens with one attached hydrogen (secondary N) is 1. The summed E-state index contributed by atoms with van der Waals surface area (Å²) >= 11 is 0. The zero-order chi connectivity index (χ0) is 22.1. The second-order valence-electron chi connectivity index (χ2n) is 8.53. The highest BCUT2D eigenvalue weighted by atomic mass is 32.2. The standard InChI is InChI=1S/C21H24N6O4S/c1-22-19-23-14-5-3-4-6-15(14)27(19)20-24-17(21(7-8-21)32(2,28)29)16-18(25-20)26-9-10-30-11-13(26)12-31-16/h3-6,13H,7-12H2,1-2H3,(H,22,23)/t13-/m0/s1. The van der Waals surface area contributed by atoms with Crippen molar-refractivity contribution in [2.75, 3.05) is 49.9 Å². The molecule has 1 saturated carbocycles. The highest BCUT2D eigenvalue weighted by Crippen LogP contribution is 2.56. The number of sulfone groups is 1. The molecule has 2 fully saturated rings. The summed E-state index contributed by atoms with van der Waals surface area (Å²) in [5, 5.41) is 3.11. The van der Waals surface area contributed by atoms with Crippen LogP contribution in [-0.4, -0.2) is 73.6 Å². The summed E-state index contributed by atoms with van der Waals surface area (Å²) in [6.45, 7) is 2.20. The molecule has 1 atom stereocenters. The van der Waals surface area contributed by atoms with Crippen molar-refractivity contribution < 1.29 is 17.9 Å². The van der Waals surface area contributed by atoms with Gasteiger partial charge in [-0.3, -0.25) is 0 Å². The minimum absolute atomic E-state index is 0.0311. The fourth-order valence-electron chi connectivity index (χ4n) is 4.71. The second-order valence-corrected chi connectivity index (χ2v) is 10.9. The van der Waals surface area contributed by atoms with Crippen LogP contribution in [0, 0.1) is 0 Å². The third kappa shape index (κ3) is 2.73. The number of imidazole rings is 1. The molecule has 1 saturated heterocycles. The minimum Gasteiger partial charge on any atom is -0.486 e. The van der Waals surface area contributed by atoms with Crippen molar-refractivity contribution >= 4 is 32.6 Å². The summed E-state index contributed by atoms with van der Waals surface area (Å²) in [4.78, 5) is 16.5. The molecule has 0 spiro atoms. The molecular weight excluding hydrogens is 432 g/mol. The van der Waals surface area contributed by atoms with Crippen LogP contribution in [0.1, 0.15) is 18.5 Å². The topological polar surface area (TPSA) is 111 Å². The van der Waals surface area contributed by atoms with E-state index in [0.717, 1.165) is 11.0 Å². The maximum atomic E-state index is 12.8. The van der Waals surface area contributed by atoms with E-state index in [2.05, 4.69) is 15.2 Å². The largest absolute Gasteiger partial charge is 0.486 e. The van der Waals surface area contributed by atoms with Gasteiger partial charge in [0.25, 0.3) is 0 Å². The maximum absolute atomic E-state index is 12.8. The first-order chi connectivity index (χ1) is 15.4. The van der Waals surface area contributed by atoms with Gasteiger partial charge in [-0.1, -0.05) is 12.1 Å². The fourth-order valence-corrected chi connectivity index (χ4v) is 6.04. The summed E-state index contributed by atoms with van der Waals surface area (Å²) in [6, 6.07) is 7.75. The first-order valence-electron chi connectivity index (χ1n) is 10.7. The predicted octanol–water partition coefficient (Wildman–Crippen LogP) is 1.49. The summed E-state index contributed by atoms with van der Waals surface area (Å²) < 4.78 is 38.2. The van der Waals surface area contributed by atoms with Crippen LogP contribution in [0.3, 0.4) is 0 Å². The first kappa shape index (κ1) is 19.7. The molecule has 3 aliphatic rings. The van der Waals surface area contributed by atoms with Crippen molar-refractivity contribution in [2.24, 2.45) is 0 Å². The number of fused-ring (bicyclic) bond motifs is 4. The zero-order valence-electron chi connectivity index (χ0n) is 17.9. The van der Waals surface area contributed by atoms with Gasteiger partial charge in [-0.05, 0) is 25.0 Å². The molecular formula is C21H24N6O4S. The van der Waals surface area contributed by atoms with Crippen molar-refractivity contribution in [3.63, 3.8) is 0 Å². The number of morpholine rings is 1. The monoisotopic (exact) mass is 456 g/mol. The van der Waals surface area contributed by atoms with Crippen LogP contribution in [0.2, 0.25) is 0 Å². The van der Waals surface area contributed by atoms with Gasteiger partial charge in [-0.25, -0.2) is 23.0 Å². The van der Waals surface area contributed by atoms with E-state index in [1.54, 1.807) is 7.05 Å². The summed E-state index contributed by atoms with van der Waals surface area (Å²) in [5.74, 6) is 2.06. The highest BCUT2D eigenvalue weighted by molar-refractivity contribution is 7.92.